The van der Waals surface area contributed by atoms with Gasteiger partial charge in [0.25, 0.3) is 0 Å². The Morgan fingerprint density at radius 1 is 1.29 bits per heavy atom. The molecule has 2 saturated heterocycles. The van der Waals surface area contributed by atoms with Crippen LogP contribution in [-0.4, -0.2) is 31.7 Å². The van der Waals surface area contributed by atoms with Crippen molar-refractivity contribution in [3.63, 3.8) is 0 Å². The van der Waals surface area contributed by atoms with Gasteiger partial charge in [0.1, 0.15) is 11.8 Å². The van der Waals surface area contributed by atoms with Crippen LogP contribution < -0.4 is 9.64 Å². The zero-order valence-corrected chi connectivity index (χ0v) is 11.7. The van der Waals surface area contributed by atoms with Crippen LogP contribution in [0.4, 0.5) is 18.9 Å². The number of halogens is 3. The van der Waals surface area contributed by atoms with E-state index in [2.05, 4.69) is 0 Å². The van der Waals surface area contributed by atoms with Crippen molar-refractivity contribution in [3.05, 3.63) is 24.3 Å². The summed E-state index contributed by atoms with van der Waals surface area (Å²) in [7, 11) is 1.51. The number of hydrogen-bond acceptors (Lipinski definition) is 4. The zero-order valence-electron chi connectivity index (χ0n) is 11.7. The number of anilines is 1. The molecule has 7 heteroatoms. The monoisotopic (exact) mass is 303 g/mol. The van der Waals surface area contributed by atoms with Gasteiger partial charge in [-0.3, -0.25) is 0 Å². The molecule has 0 amide bonds. The van der Waals surface area contributed by atoms with Crippen LogP contribution in [0.5, 0.6) is 5.75 Å². The van der Waals surface area contributed by atoms with E-state index in [9.17, 15) is 13.2 Å². The summed E-state index contributed by atoms with van der Waals surface area (Å²) in [5.41, 5.74) is -0.664. The first-order valence-corrected chi connectivity index (χ1v) is 6.67. The lowest BCUT2D eigenvalue weighted by atomic mass is 9.98. The van der Waals surface area contributed by atoms with Crippen LogP contribution in [0.25, 0.3) is 0 Å². The first-order chi connectivity index (χ1) is 9.86. The summed E-state index contributed by atoms with van der Waals surface area (Å²) in [5.74, 6) is 0.276. The van der Waals surface area contributed by atoms with E-state index in [0.29, 0.717) is 11.4 Å². The minimum Gasteiger partial charge on any atom is -0.497 e. The van der Waals surface area contributed by atoms with Crippen molar-refractivity contribution in [2.75, 3.05) is 18.6 Å². The first-order valence-electron chi connectivity index (χ1n) is 6.67. The smallest absolute Gasteiger partial charge is 0.408 e. The zero-order chi connectivity index (χ0) is 15.3. The Morgan fingerprint density at radius 2 is 1.95 bits per heavy atom. The van der Waals surface area contributed by atoms with Crippen molar-refractivity contribution >= 4 is 5.69 Å². The van der Waals surface area contributed by atoms with Gasteiger partial charge in [-0.1, -0.05) is 0 Å². The maximum absolute atomic E-state index is 13.4. The van der Waals surface area contributed by atoms with Gasteiger partial charge in [-0.25, -0.2) is 9.78 Å². The molecule has 2 aliphatic rings. The van der Waals surface area contributed by atoms with Gasteiger partial charge in [0.15, 0.2) is 5.72 Å². The molecular formula is C14H16F3NO3. The molecule has 3 rings (SSSR count). The second-order valence-electron chi connectivity index (χ2n) is 5.48. The number of methoxy groups -OCH3 is 1. The van der Waals surface area contributed by atoms with Crippen LogP contribution in [0.2, 0.25) is 0 Å². The Balaban J connectivity index is 2.01. The van der Waals surface area contributed by atoms with E-state index in [0.717, 1.165) is 0 Å². The molecule has 4 nitrogen and oxygen atoms in total. The Labute approximate surface area is 120 Å². The first kappa shape index (κ1) is 14.5. The summed E-state index contributed by atoms with van der Waals surface area (Å²) < 4.78 is 45.1. The summed E-state index contributed by atoms with van der Waals surface area (Å²) in [6.07, 6.45) is -4.36. The second kappa shape index (κ2) is 4.78. The van der Waals surface area contributed by atoms with Gasteiger partial charge in [0, 0.05) is 11.6 Å². The minimum absolute atomic E-state index is 0.0357. The SMILES string of the molecule is COc1ccc(N2[C@H](C(F)(F)F)C[C@H]3COO[C@]32C)cc1. The lowest BCUT2D eigenvalue weighted by Gasteiger charge is -2.38. The highest BCUT2D eigenvalue weighted by atomic mass is 19.4. The van der Waals surface area contributed by atoms with Crippen molar-refractivity contribution < 1.29 is 27.7 Å². The van der Waals surface area contributed by atoms with Crippen LogP contribution in [0, 0.1) is 5.92 Å². The average Bonchev–Trinajstić information content (AvgIpc) is 2.92. The van der Waals surface area contributed by atoms with Crippen molar-refractivity contribution in [2.24, 2.45) is 5.92 Å². The van der Waals surface area contributed by atoms with Crippen molar-refractivity contribution in [1.29, 1.82) is 0 Å². The summed E-state index contributed by atoms with van der Waals surface area (Å²) in [6, 6.07) is 4.90. The third-order valence-electron chi connectivity index (χ3n) is 4.28. The van der Waals surface area contributed by atoms with E-state index in [1.807, 2.05) is 0 Å². The van der Waals surface area contributed by atoms with Crippen LogP contribution in [-0.2, 0) is 9.78 Å². The second-order valence-corrected chi connectivity index (χ2v) is 5.48. The standard InChI is InChI=1S/C14H16F3NO3/c1-13-9(8-20-21-13)7-12(14(15,16)17)18(13)10-3-5-11(19-2)6-4-10/h3-6,9,12H,7-8H2,1-2H3/t9-,12-,13+/m0/s1. The van der Waals surface area contributed by atoms with Crippen LogP contribution in [0.1, 0.15) is 13.3 Å². The number of rotatable bonds is 2. The molecule has 116 valence electrons. The van der Waals surface area contributed by atoms with E-state index < -0.39 is 17.9 Å². The molecule has 0 bridgehead atoms. The lowest BCUT2D eigenvalue weighted by Crippen LogP contribution is -2.52. The molecule has 3 atom stereocenters. The quantitative estimate of drug-likeness (QED) is 0.786. The molecule has 0 saturated carbocycles. The predicted octanol–water partition coefficient (Wildman–Crippen LogP) is 3.13. The van der Waals surface area contributed by atoms with Gasteiger partial charge < -0.3 is 9.64 Å². The molecule has 0 spiro atoms. The predicted molar refractivity (Wildman–Crippen MR) is 68.9 cm³/mol. The molecule has 1 aromatic rings. The van der Waals surface area contributed by atoms with Gasteiger partial charge in [-0.15, -0.1) is 0 Å². The summed E-state index contributed by atoms with van der Waals surface area (Å²) in [5, 5.41) is 0. The van der Waals surface area contributed by atoms with Crippen molar-refractivity contribution in [2.45, 2.75) is 31.3 Å². The lowest BCUT2D eigenvalue weighted by molar-refractivity contribution is -0.306. The molecule has 2 fully saturated rings. The topological polar surface area (TPSA) is 30.9 Å². The third-order valence-corrected chi connectivity index (χ3v) is 4.28. The highest BCUT2D eigenvalue weighted by Gasteiger charge is 2.62. The molecule has 2 heterocycles. The maximum atomic E-state index is 13.4. The van der Waals surface area contributed by atoms with Gasteiger partial charge in [0.2, 0.25) is 0 Å². The van der Waals surface area contributed by atoms with Crippen LogP contribution in [0.3, 0.4) is 0 Å². The Bertz CT molecular complexity index is 519. The van der Waals surface area contributed by atoms with E-state index >= 15 is 0 Å². The maximum Gasteiger partial charge on any atom is 0.408 e. The summed E-state index contributed by atoms with van der Waals surface area (Å²) in [4.78, 5) is 11.4. The van der Waals surface area contributed by atoms with Gasteiger partial charge in [-0.05, 0) is 37.6 Å². The number of nitrogens with zero attached hydrogens (tertiary/aromatic N) is 1. The average molecular weight is 303 g/mol. The summed E-state index contributed by atoms with van der Waals surface area (Å²) >= 11 is 0. The van der Waals surface area contributed by atoms with Crippen LogP contribution in [0.15, 0.2) is 24.3 Å². The molecule has 21 heavy (non-hydrogen) atoms. The Morgan fingerprint density at radius 3 is 2.52 bits per heavy atom. The fourth-order valence-electron chi connectivity index (χ4n) is 3.13. The van der Waals surface area contributed by atoms with Gasteiger partial charge in [0.05, 0.1) is 13.7 Å². The fourth-order valence-corrected chi connectivity index (χ4v) is 3.13. The van der Waals surface area contributed by atoms with Crippen molar-refractivity contribution in [1.82, 2.24) is 0 Å². The number of fused-ring (bicyclic) bond motifs is 1. The van der Waals surface area contributed by atoms with Gasteiger partial charge >= 0.3 is 6.18 Å². The fraction of sp³-hybridized carbons (Fsp3) is 0.571. The Kier molecular flexibility index (Phi) is 3.29. The molecule has 0 unspecified atom stereocenters. The normalized spacial score (nSPS) is 32.3. The van der Waals surface area contributed by atoms with E-state index in [-0.39, 0.29) is 18.9 Å². The van der Waals surface area contributed by atoms with E-state index in [1.165, 1.54) is 12.0 Å². The highest BCUT2D eigenvalue weighted by Crippen LogP contribution is 2.50. The highest BCUT2D eigenvalue weighted by molar-refractivity contribution is 5.54. The summed E-state index contributed by atoms with van der Waals surface area (Å²) in [6.45, 7) is 1.82. The number of benzene rings is 1. The molecule has 0 radical (unpaired) electrons. The minimum atomic E-state index is -4.32. The molecule has 1 aromatic carbocycles. The van der Waals surface area contributed by atoms with Crippen molar-refractivity contribution in [3.8, 4) is 5.75 Å². The van der Waals surface area contributed by atoms with Crippen LogP contribution >= 0.6 is 0 Å². The molecule has 2 aliphatic heterocycles. The Hall–Kier alpha value is -1.47. The largest absolute Gasteiger partial charge is 0.497 e. The molecule has 0 aromatic heterocycles. The number of hydrogen-bond donors (Lipinski definition) is 0. The van der Waals surface area contributed by atoms with E-state index in [4.69, 9.17) is 14.5 Å². The number of ether oxygens (including phenoxy) is 1. The molecular weight excluding hydrogens is 287 g/mol. The van der Waals surface area contributed by atoms with Gasteiger partial charge in [-0.2, -0.15) is 13.2 Å². The van der Waals surface area contributed by atoms with E-state index in [1.54, 1.807) is 31.2 Å². The third kappa shape index (κ3) is 2.24. The molecule has 0 N–H and O–H groups in total. The molecule has 0 aliphatic carbocycles. The number of alkyl halides is 3.